The van der Waals surface area contributed by atoms with E-state index in [0.717, 1.165) is 0 Å². The number of ether oxygens (including phenoxy) is 3. The first-order chi connectivity index (χ1) is 7.88. The highest BCUT2D eigenvalue weighted by atomic mass is 16.7. The highest BCUT2D eigenvalue weighted by Crippen LogP contribution is 2.27. The third-order valence-electron chi connectivity index (χ3n) is 2.48. The van der Waals surface area contributed by atoms with Gasteiger partial charge in [-0.05, 0) is 41.5 Å². The van der Waals surface area contributed by atoms with Crippen molar-refractivity contribution in [1.29, 1.82) is 0 Å². The van der Waals surface area contributed by atoms with E-state index < -0.39 is 28.7 Å². The lowest BCUT2D eigenvalue weighted by atomic mass is 10.0. The number of rotatable bonds is 0. The van der Waals surface area contributed by atoms with Crippen molar-refractivity contribution in [2.75, 3.05) is 0 Å². The van der Waals surface area contributed by atoms with Crippen LogP contribution in [0.2, 0.25) is 0 Å². The summed E-state index contributed by atoms with van der Waals surface area (Å²) in [5, 5.41) is 0. The lowest BCUT2D eigenvalue weighted by Gasteiger charge is -2.36. The Hall–Kier alpha value is -1.59. The lowest BCUT2D eigenvalue weighted by Crippen LogP contribution is -2.54. The maximum absolute atomic E-state index is 11.2. The van der Waals surface area contributed by atoms with E-state index in [0.29, 0.717) is 0 Å². The summed E-state index contributed by atoms with van der Waals surface area (Å²) < 4.78 is 14.2. The van der Waals surface area contributed by atoms with Crippen LogP contribution in [0.1, 0.15) is 41.5 Å². The Bertz CT molecular complexity index is 379. The standard InChI is InChI=1S/C8H12O4.C4H6O2/c1-7(2)5(9)12-8(3,4)6(10)11-7;1-4(2)3(5)6-4/h1-4H3;1-2H3. The highest BCUT2D eigenvalue weighted by molar-refractivity contribution is 5.92. The van der Waals surface area contributed by atoms with E-state index in [1.165, 1.54) is 27.7 Å². The van der Waals surface area contributed by atoms with Crippen molar-refractivity contribution in [3.63, 3.8) is 0 Å². The molecule has 0 aliphatic carbocycles. The molecule has 0 aromatic heterocycles. The van der Waals surface area contributed by atoms with Gasteiger partial charge in [0.2, 0.25) is 16.8 Å². The molecule has 0 amide bonds. The van der Waals surface area contributed by atoms with Gasteiger partial charge in [0, 0.05) is 0 Å². The predicted molar refractivity (Wildman–Crippen MR) is 60.5 cm³/mol. The Morgan fingerprint density at radius 2 is 0.722 bits per heavy atom. The van der Waals surface area contributed by atoms with Crippen LogP contribution in [0.5, 0.6) is 0 Å². The molecule has 0 aromatic rings. The number of carbonyl (C=O) groups excluding carboxylic acids is 3. The Morgan fingerprint density at radius 3 is 0.889 bits per heavy atom. The van der Waals surface area contributed by atoms with Gasteiger partial charge in [-0.1, -0.05) is 0 Å². The molecule has 0 spiro atoms. The Labute approximate surface area is 106 Å². The van der Waals surface area contributed by atoms with Crippen LogP contribution in [-0.4, -0.2) is 34.7 Å². The lowest BCUT2D eigenvalue weighted by molar-refractivity contribution is -0.218. The fourth-order valence-electron chi connectivity index (χ4n) is 0.999. The maximum atomic E-state index is 11.2. The summed E-state index contributed by atoms with van der Waals surface area (Å²) >= 11 is 0. The third-order valence-corrected chi connectivity index (χ3v) is 2.48. The molecular formula is C12H18O6. The van der Waals surface area contributed by atoms with Crippen LogP contribution in [0.25, 0.3) is 0 Å². The molecule has 2 heterocycles. The SMILES string of the molecule is CC1(C)OC(=O)C(C)(C)OC1=O.CC1(C)OC1=O. The van der Waals surface area contributed by atoms with Gasteiger partial charge in [0.25, 0.3) is 0 Å². The fraction of sp³-hybridized carbons (Fsp3) is 0.750. The second-order valence-electron chi connectivity index (χ2n) is 5.70. The number of cyclic esters (lactones) is 3. The topological polar surface area (TPSA) is 82.2 Å². The molecule has 0 unspecified atom stereocenters. The molecule has 0 atom stereocenters. The normalized spacial score (nSPS) is 26.0. The quantitative estimate of drug-likeness (QED) is 0.366. The highest BCUT2D eigenvalue weighted by Gasteiger charge is 2.49. The van der Waals surface area contributed by atoms with Crippen molar-refractivity contribution in [2.45, 2.75) is 58.3 Å². The molecule has 2 rings (SSSR count). The fourth-order valence-corrected chi connectivity index (χ4v) is 0.999. The molecule has 2 aliphatic rings. The summed E-state index contributed by atoms with van der Waals surface area (Å²) in [5.41, 5.74) is -2.72. The summed E-state index contributed by atoms with van der Waals surface area (Å²) in [5.74, 6) is -1.11. The molecule has 0 radical (unpaired) electrons. The summed E-state index contributed by atoms with van der Waals surface area (Å²) in [6.45, 7) is 9.50. The zero-order chi connectivity index (χ0) is 14.4. The second-order valence-corrected chi connectivity index (χ2v) is 5.70. The predicted octanol–water partition coefficient (Wildman–Crippen LogP) is 0.965. The average molecular weight is 258 g/mol. The molecular weight excluding hydrogens is 240 g/mol. The molecule has 6 nitrogen and oxygen atoms in total. The molecule has 0 aromatic carbocycles. The third kappa shape index (κ3) is 3.00. The van der Waals surface area contributed by atoms with Gasteiger partial charge in [-0.25, -0.2) is 14.4 Å². The number of epoxide rings is 1. The van der Waals surface area contributed by atoms with E-state index in [4.69, 9.17) is 9.47 Å². The van der Waals surface area contributed by atoms with Crippen molar-refractivity contribution < 1.29 is 28.6 Å². The monoisotopic (exact) mass is 258 g/mol. The van der Waals surface area contributed by atoms with Crippen molar-refractivity contribution >= 4 is 17.9 Å². The number of esters is 2. The van der Waals surface area contributed by atoms with Gasteiger partial charge in [-0.15, -0.1) is 0 Å². The number of carbonyl (C=O) groups is 3. The Morgan fingerprint density at radius 1 is 0.556 bits per heavy atom. The van der Waals surface area contributed by atoms with Crippen LogP contribution in [0.4, 0.5) is 0 Å². The van der Waals surface area contributed by atoms with Crippen LogP contribution in [0, 0.1) is 0 Å². The van der Waals surface area contributed by atoms with Crippen LogP contribution in [0.15, 0.2) is 0 Å². The molecule has 6 heteroatoms. The molecule has 2 fully saturated rings. The molecule has 2 aliphatic heterocycles. The van der Waals surface area contributed by atoms with Crippen molar-refractivity contribution in [1.82, 2.24) is 0 Å². The second kappa shape index (κ2) is 3.96. The molecule has 0 saturated carbocycles. The first-order valence-corrected chi connectivity index (χ1v) is 5.59. The van der Waals surface area contributed by atoms with Crippen molar-refractivity contribution in [3.05, 3.63) is 0 Å². The first kappa shape index (κ1) is 14.5. The average Bonchev–Trinajstić information content (AvgIpc) is 2.68. The van der Waals surface area contributed by atoms with Crippen LogP contribution in [0.3, 0.4) is 0 Å². The van der Waals surface area contributed by atoms with Crippen LogP contribution < -0.4 is 0 Å². The summed E-state index contributed by atoms with van der Waals surface area (Å²) in [6.07, 6.45) is 0. The van der Waals surface area contributed by atoms with Crippen molar-refractivity contribution in [2.24, 2.45) is 0 Å². The van der Waals surface area contributed by atoms with E-state index >= 15 is 0 Å². The number of hydrogen-bond donors (Lipinski definition) is 0. The summed E-state index contributed by atoms with van der Waals surface area (Å²) in [4.78, 5) is 32.3. The largest absolute Gasteiger partial charge is 0.445 e. The molecule has 0 N–H and O–H groups in total. The van der Waals surface area contributed by atoms with Crippen molar-refractivity contribution in [3.8, 4) is 0 Å². The Balaban J connectivity index is 0.000000225. The first-order valence-electron chi connectivity index (χ1n) is 5.59. The smallest absolute Gasteiger partial charge is 0.351 e. The van der Waals surface area contributed by atoms with E-state index in [9.17, 15) is 14.4 Å². The van der Waals surface area contributed by atoms with E-state index in [-0.39, 0.29) is 5.97 Å². The van der Waals surface area contributed by atoms with E-state index in [1.807, 2.05) is 0 Å². The minimum atomic E-state index is -1.15. The molecule has 0 bridgehead atoms. The molecule has 18 heavy (non-hydrogen) atoms. The zero-order valence-corrected chi connectivity index (χ0v) is 11.4. The van der Waals surface area contributed by atoms with Gasteiger partial charge in [-0.2, -0.15) is 0 Å². The van der Waals surface area contributed by atoms with Gasteiger partial charge < -0.3 is 14.2 Å². The summed E-state index contributed by atoms with van der Waals surface area (Å²) in [6, 6.07) is 0. The maximum Gasteiger partial charge on any atom is 0.351 e. The van der Waals surface area contributed by atoms with Crippen LogP contribution in [-0.2, 0) is 28.6 Å². The van der Waals surface area contributed by atoms with Gasteiger partial charge in [0.1, 0.15) is 0 Å². The van der Waals surface area contributed by atoms with Crippen LogP contribution >= 0.6 is 0 Å². The molecule has 102 valence electrons. The Kier molecular flexibility index (Phi) is 3.19. The minimum absolute atomic E-state index is 0.0949. The van der Waals surface area contributed by atoms with Gasteiger partial charge >= 0.3 is 17.9 Å². The van der Waals surface area contributed by atoms with Gasteiger partial charge in [-0.3, -0.25) is 0 Å². The minimum Gasteiger partial charge on any atom is -0.445 e. The number of hydrogen-bond acceptors (Lipinski definition) is 6. The van der Waals surface area contributed by atoms with Gasteiger partial charge in [0.05, 0.1) is 0 Å². The van der Waals surface area contributed by atoms with E-state index in [2.05, 4.69) is 4.74 Å². The zero-order valence-electron chi connectivity index (χ0n) is 11.4. The molecule has 2 saturated heterocycles. The van der Waals surface area contributed by atoms with Gasteiger partial charge in [0.15, 0.2) is 0 Å². The van der Waals surface area contributed by atoms with E-state index in [1.54, 1.807) is 13.8 Å². The summed E-state index contributed by atoms with van der Waals surface area (Å²) in [7, 11) is 0.